The number of aromatic carboxylic acids is 1. The van der Waals surface area contributed by atoms with E-state index < -0.39 is 49.0 Å². The van der Waals surface area contributed by atoms with E-state index >= 15 is 0 Å². The van der Waals surface area contributed by atoms with E-state index in [1.54, 1.807) is 18.2 Å². The van der Waals surface area contributed by atoms with E-state index in [-0.39, 0.29) is 217 Å². The van der Waals surface area contributed by atoms with Gasteiger partial charge in [0.25, 0.3) is 0 Å². The van der Waals surface area contributed by atoms with Crippen molar-refractivity contribution >= 4 is 72.5 Å². The molecule has 0 fully saturated rings. The van der Waals surface area contributed by atoms with Crippen molar-refractivity contribution in [3.8, 4) is 11.8 Å². The molecule has 0 atom stereocenters. The number of aromatic nitrogens is 2. The van der Waals surface area contributed by atoms with Crippen LogP contribution in [0.1, 0.15) is 99.3 Å². The van der Waals surface area contributed by atoms with E-state index in [1.165, 1.54) is 11.6 Å². The summed E-state index contributed by atoms with van der Waals surface area (Å²) in [6.07, 6.45) is 1.76. The van der Waals surface area contributed by atoms with Gasteiger partial charge in [0.2, 0.25) is 5.91 Å². The average Bonchev–Trinajstić information content (AvgIpc) is 3.36. The number of unbranched alkanes of at least 4 members (excludes halogenated alkanes) is 2. The third-order valence-electron chi connectivity index (χ3n) is 7.60. The van der Waals surface area contributed by atoms with E-state index in [1.807, 2.05) is 20.8 Å². The number of anilines is 1. The second-order valence-corrected chi connectivity index (χ2v) is 16.6. The quantitative estimate of drug-likeness (QED) is 0.0643. The summed E-state index contributed by atoms with van der Waals surface area (Å²) >= 11 is 12.9. The Bertz CT molecular complexity index is 2040. The van der Waals surface area contributed by atoms with Crippen molar-refractivity contribution in [2.45, 2.75) is 77.6 Å². The summed E-state index contributed by atoms with van der Waals surface area (Å²) in [6, 6.07) is 9.20. The fourth-order valence-electron chi connectivity index (χ4n) is 5.27. The van der Waals surface area contributed by atoms with Gasteiger partial charge in [-0.05, 0) is 61.4 Å². The second-order valence-electron chi connectivity index (χ2n) is 12.8. The number of amides is 1. The third-order valence-corrected chi connectivity index (χ3v) is 9.75. The molecule has 276 valence electrons. The van der Waals surface area contributed by atoms with Gasteiger partial charge in [-0.1, -0.05) is 62.9 Å². The van der Waals surface area contributed by atoms with Crippen LogP contribution in [0.25, 0.3) is 5.69 Å². The Morgan fingerprint density at radius 2 is 1.44 bits per heavy atom. The number of nitrogens with zero attached hydrogens (tertiary/aromatic N) is 5. The number of azo groups is 1. The summed E-state index contributed by atoms with van der Waals surface area (Å²) in [7, 11) is -8.82. The predicted molar refractivity (Wildman–Crippen MR) is 186 cm³/mol. The fraction of sp³-hybridized carbons (Fsp3) is 0.438. The number of nitrogens with one attached hydrogen (secondary N) is 1. The number of halogens is 2. The second kappa shape index (κ2) is 24.3. The minimum Gasteiger partial charge on any atom is -0.748 e. The van der Waals surface area contributed by atoms with Crippen molar-refractivity contribution in [3.63, 3.8) is 0 Å². The van der Waals surface area contributed by atoms with Gasteiger partial charge in [-0.25, -0.2) is 21.5 Å². The number of carbonyl (C=O) groups is 2. The number of benzene rings is 2. The van der Waals surface area contributed by atoms with Crippen LogP contribution in [0.2, 0.25) is 10.0 Å². The molecule has 15 nitrogen and oxygen atoms in total. The van der Waals surface area contributed by atoms with E-state index in [9.17, 15) is 45.9 Å². The molecule has 0 spiro atoms. The predicted octanol–water partition coefficient (Wildman–Crippen LogP) is -3.39. The minimum atomic E-state index is -4.41. The first-order valence-corrected chi connectivity index (χ1v) is 19.5. The maximum atomic E-state index is 12.2. The molecule has 0 unspecified atom stereocenters. The van der Waals surface area contributed by atoms with Crippen molar-refractivity contribution in [1.82, 2.24) is 9.78 Å². The maximum absolute atomic E-state index is 12.2. The van der Waals surface area contributed by atoms with Gasteiger partial charge in [0.1, 0.15) is 23.0 Å². The van der Waals surface area contributed by atoms with Crippen molar-refractivity contribution in [1.29, 1.82) is 5.26 Å². The van der Waals surface area contributed by atoms with Gasteiger partial charge in [-0.2, -0.15) is 10.4 Å². The van der Waals surface area contributed by atoms with Gasteiger partial charge in [-0.15, -0.1) is 10.2 Å². The molecule has 2 aromatic carbocycles. The summed E-state index contributed by atoms with van der Waals surface area (Å²) in [5, 5.41) is 37.4. The van der Waals surface area contributed by atoms with Crippen LogP contribution < -0.4 is 165 Å². The van der Waals surface area contributed by atoms with E-state index in [0.717, 1.165) is 12.1 Å². The largest absolute Gasteiger partial charge is 1.00 e. The van der Waals surface area contributed by atoms with Crippen molar-refractivity contribution in [3.05, 3.63) is 62.8 Å². The van der Waals surface area contributed by atoms with E-state index in [0.29, 0.717) is 36.9 Å². The molecule has 0 aliphatic heterocycles. The van der Waals surface area contributed by atoms with Crippen molar-refractivity contribution in [2.24, 2.45) is 10.2 Å². The van der Waals surface area contributed by atoms with Crippen LogP contribution in [-0.2, 0) is 30.4 Å². The number of carboxylic acids is 1. The van der Waals surface area contributed by atoms with Crippen molar-refractivity contribution < 1.29 is 195 Å². The molecule has 1 aromatic heterocycles. The van der Waals surface area contributed by atoms with Gasteiger partial charge >= 0.3 is 154 Å². The molecule has 0 bridgehead atoms. The number of nitriles is 1. The Morgan fingerprint density at radius 1 is 0.926 bits per heavy atom. The molecule has 0 radical (unpaired) electrons. The molecule has 3 aromatic rings. The van der Waals surface area contributed by atoms with Crippen molar-refractivity contribution in [2.75, 3.05) is 16.8 Å². The molecular formula is C32H35Cl2K3N6O9S2. The van der Waals surface area contributed by atoms with Gasteiger partial charge in [-0.3, -0.25) is 4.79 Å². The Kier molecular flexibility index (Phi) is 24.7. The van der Waals surface area contributed by atoms with Gasteiger partial charge < -0.3 is 24.3 Å². The van der Waals surface area contributed by atoms with Crippen LogP contribution in [0.5, 0.6) is 0 Å². The maximum Gasteiger partial charge on any atom is 1.00 e. The zero-order valence-corrected chi connectivity index (χ0v) is 43.6. The standard InChI is InChI=1S/C32H38Cl2N6O9S2.3K/c1-19(41)36-27-17-21(20(9-5-7-13-50(44,45)46)10-6-8-14-51(47,48)49)11-12-26(27)37-38-30-23(18-35)29(32(2,3)4)39-40(30)28-24(33)15-22(31(42)43)16-25(28)34;;;/h11-12,15-17,20H,5-10,13-14H2,1-4H3,(H,36,41)(H,42,43)(H,44,45,46)(H,47,48,49);;;/q;3*+1/p-3. The first-order chi connectivity index (χ1) is 23.6. The molecule has 0 aliphatic rings. The average molecular weight is 900 g/mol. The molecule has 54 heavy (non-hydrogen) atoms. The zero-order valence-electron chi connectivity index (χ0n) is 31.1. The molecule has 22 heteroatoms. The monoisotopic (exact) mass is 898 g/mol. The molecule has 0 saturated heterocycles. The molecule has 0 saturated carbocycles. The first-order valence-electron chi connectivity index (χ1n) is 15.6. The van der Waals surface area contributed by atoms with E-state index in [4.69, 9.17) is 23.2 Å². The topological polar surface area (TPSA) is 250 Å². The Balaban J connectivity index is 0.00000936. The van der Waals surface area contributed by atoms with Crippen LogP contribution in [0, 0.1) is 11.3 Å². The summed E-state index contributed by atoms with van der Waals surface area (Å²) in [6.45, 7) is 6.71. The minimum absolute atomic E-state index is 0. The van der Waals surface area contributed by atoms with Gasteiger partial charge in [0.05, 0.1) is 47.6 Å². The number of hydrogen-bond donors (Lipinski definition) is 1. The van der Waals surface area contributed by atoms with Gasteiger partial charge in [0.15, 0.2) is 5.82 Å². The van der Waals surface area contributed by atoms with Crippen LogP contribution in [-0.4, -0.2) is 59.1 Å². The van der Waals surface area contributed by atoms with E-state index in [2.05, 4.69) is 26.7 Å². The summed E-state index contributed by atoms with van der Waals surface area (Å²) in [4.78, 5) is 23.7. The van der Waals surface area contributed by atoms with Crippen LogP contribution in [0.15, 0.2) is 40.6 Å². The molecular weight excluding hydrogens is 865 g/mol. The normalized spacial score (nSPS) is 11.7. The number of carbonyl (C=O) groups excluding carboxylic acids is 2. The summed E-state index contributed by atoms with van der Waals surface area (Å²) in [5.74, 6) is -3.42. The Morgan fingerprint density at radius 3 is 1.87 bits per heavy atom. The molecule has 1 N–H and O–H groups in total. The molecule has 1 amide bonds. The Hall–Kier alpha value is 0.989. The third kappa shape index (κ3) is 17.3. The molecule has 1 heterocycles. The van der Waals surface area contributed by atoms with Crippen LogP contribution in [0.3, 0.4) is 0 Å². The summed E-state index contributed by atoms with van der Waals surface area (Å²) < 4.78 is 67.8. The summed E-state index contributed by atoms with van der Waals surface area (Å²) in [5.41, 5.74) is 0.443. The molecule has 3 rings (SSSR count). The van der Waals surface area contributed by atoms with Crippen LogP contribution in [0.4, 0.5) is 17.2 Å². The number of hydrogen-bond acceptors (Lipinski definition) is 13. The Labute approximate surface area is 452 Å². The van der Waals surface area contributed by atoms with Crippen LogP contribution >= 0.6 is 23.2 Å². The SMILES string of the molecule is CC(=O)Nc1cc(C(CCCCS(=O)(=O)[O-])CCCCS(=O)(=O)[O-])ccc1N=Nc1c(C#N)c(C(C)(C)C)nn1-c1c(Cl)cc(C(=O)[O-])cc1Cl.[K+].[K+].[K+]. The smallest absolute Gasteiger partial charge is 0.748 e. The van der Waals surface area contributed by atoms with Gasteiger partial charge in [0, 0.05) is 29.4 Å². The fourth-order valence-corrected chi connectivity index (χ4v) is 7.04. The number of rotatable bonds is 16. The zero-order chi connectivity index (χ0) is 38.3. The first kappa shape index (κ1) is 55.0. The molecule has 0 aliphatic carbocycles. The number of carboxylic acid groups (broad SMARTS) is 1.